The van der Waals surface area contributed by atoms with Crippen LogP contribution >= 0.6 is 0 Å². The normalized spacial score (nSPS) is 16.9. The maximum absolute atomic E-state index is 13.4. The van der Waals surface area contributed by atoms with Gasteiger partial charge in [0.25, 0.3) is 5.91 Å². The Morgan fingerprint density at radius 2 is 2.09 bits per heavy atom. The van der Waals surface area contributed by atoms with E-state index in [9.17, 15) is 4.79 Å². The molecular formula is C25H27N5O2. The Balaban J connectivity index is 1.31. The quantitative estimate of drug-likeness (QED) is 0.489. The van der Waals surface area contributed by atoms with E-state index in [1.807, 2.05) is 65.3 Å². The van der Waals surface area contributed by atoms with Gasteiger partial charge in [-0.05, 0) is 48.7 Å². The molecule has 1 saturated heterocycles. The summed E-state index contributed by atoms with van der Waals surface area (Å²) in [6.45, 7) is 5.19. The van der Waals surface area contributed by atoms with E-state index in [1.54, 1.807) is 6.20 Å². The van der Waals surface area contributed by atoms with Crippen molar-refractivity contribution in [1.29, 1.82) is 0 Å². The van der Waals surface area contributed by atoms with Crippen LogP contribution in [0.4, 0.5) is 0 Å². The third kappa shape index (κ3) is 4.29. The van der Waals surface area contributed by atoms with Crippen LogP contribution in [0.3, 0.4) is 0 Å². The van der Waals surface area contributed by atoms with E-state index in [0.717, 1.165) is 28.9 Å². The van der Waals surface area contributed by atoms with Crippen molar-refractivity contribution in [2.24, 2.45) is 5.92 Å². The molecule has 1 atom stereocenters. The van der Waals surface area contributed by atoms with Gasteiger partial charge in [-0.3, -0.25) is 4.79 Å². The molecule has 3 aromatic heterocycles. The molecule has 4 heterocycles. The molecule has 1 aliphatic rings. The summed E-state index contributed by atoms with van der Waals surface area (Å²) in [5, 5.41) is 4.33. The fourth-order valence-electron chi connectivity index (χ4n) is 4.44. The second-order valence-corrected chi connectivity index (χ2v) is 8.39. The third-order valence-electron chi connectivity index (χ3n) is 6.11. The van der Waals surface area contributed by atoms with Crippen LogP contribution in [-0.4, -0.2) is 56.3 Å². The summed E-state index contributed by atoms with van der Waals surface area (Å²) in [4.78, 5) is 19.6. The van der Waals surface area contributed by atoms with Gasteiger partial charge in [0.05, 0.1) is 18.7 Å². The van der Waals surface area contributed by atoms with Crippen molar-refractivity contribution in [3.05, 3.63) is 89.8 Å². The first kappa shape index (κ1) is 20.5. The summed E-state index contributed by atoms with van der Waals surface area (Å²) in [6, 6.07) is 14.1. The van der Waals surface area contributed by atoms with Crippen LogP contribution in [0.25, 0.3) is 5.52 Å². The van der Waals surface area contributed by atoms with E-state index >= 15 is 0 Å². The van der Waals surface area contributed by atoms with Crippen LogP contribution in [0, 0.1) is 12.8 Å². The van der Waals surface area contributed by atoms with Crippen LogP contribution in [-0.2, 0) is 17.7 Å². The van der Waals surface area contributed by atoms with Gasteiger partial charge in [-0.1, -0.05) is 18.2 Å². The molecule has 5 rings (SSSR count). The second kappa shape index (κ2) is 8.96. The van der Waals surface area contributed by atoms with E-state index in [0.29, 0.717) is 32.8 Å². The van der Waals surface area contributed by atoms with E-state index < -0.39 is 0 Å². The van der Waals surface area contributed by atoms with Crippen LogP contribution in [0.1, 0.15) is 27.3 Å². The molecule has 0 saturated carbocycles. The lowest BCUT2D eigenvalue weighted by Gasteiger charge is -2.24. The Morgan fingerprint density at radius 3 is 2.97 bits per heavy atom. The number of amides is 1. The molecule has 0 aliphatic carbocycles. The van der Waals surface area contributed by atoms with Crippen LogP contribution in [0.2, 0.25) is 0 Å². The predicted molar refractivity (Wildman–Crippen MR) is 122 cm³/mol. The maximum atomic E-state index is 13.4. The average molecular weight is 430 g/mol. The highest BCUT2D eigenvalue weighted by Gasteiger charge is 2.24. The number of carbonyl (C=O) groups excluding carboxylic acids is 1. The van der Waals surface area contributed by atoms with Gasteiger partial charge in [0, 0.05) is 55.9 Å². The number of imidazole rings is 1. The molecule has 1 aromatic carbocycles. The number of rotatable bonds is 5. The fourth-order valence-corrected chi connectivity index (χ4v) is 4.44. The largest absolute Gasteiger partial charge is 0.379 e. The minimum absolute atomic E-state index is 0.0623. The molecule has 0 bridgehead atoms. The molecule has 32 heavy (non-hydrogen) atoms. The van der Waals surface area contributed by atoms with Crippen LogP contribution in [0.15, 0.2) is 67.3 Å². The van der Waals surface area contributed by atoms with E-state index in [1.165, 1.54) is 5.56 Å². The van der Waals surface area contributed by atoms with Crippen LogP contribution < -0.4 is 0 Å². The minimum Gasteiger partial charge on any atom is -0.379 e. The number of benzene rings is 1. The summed E-state index contributed by atoms with van der Waals surface area (Å²) < 4.78 is 9.84. The number of pyridine rings is 1. The van der Waals surface area contributed by atoms with Gasteiger partial charge in [0.2, 0.25) is 0 Å². The molecule has 4 aromatic rings. The van der Waals surface area contributed by atoms with Gasteiger partial charge in [-0.2, -0.15) is 5.10 Å². The lowest BCUT2D eigenvalue weighted by atomic mass is 9.99. The number of aromatic nitrogens is 4. The van der Waals surface area contributed by atoms with Crippen molar-refractivity contribution in [2.75, 3.05) is 26.3 Å². The highest BCUT2D eigenvalue weighted by molar-refractivity contribution is 5.94. The second-order valence-electron chi connectivity index (χ2n) is 8.39. The molecule has 0 unspecified atom stereocenters. The highest BCUT2D eigenvalue weighted by Crippen LogP contribution is 2.20. The molecule has 0 radical (unpaired) electrons. The SMILES string of the molecule is Cc1nccn1Cc1cccc(C(=O)N2CCOC[C@@H](Cc3cccn4nccc34)C2)c1. The van der Waals surface area contributed by atoms with Crippen LogP contribution in [0.5, 0.6) is 0 Å². The number of nitrogens with zero attached hydrogens (tertiary/aromatic N) is 5. The Hall–Kier alpha value is -3.45. The van der Waals surface area contributed by atoms with Gasteiger partial charge in [-0.25, -0.2) is 9.50 Å². The van der Waals surface area contributed by atoms with E-state index in [4.69, 9.17) is 4.74 Å². The summed E-state index contributed by atoms with van der Waals surface area (Å²) >= 11 is 0. The number of carbonyl (C=O) groups is 1. The highest BCUT2D eigenvalue weighted by atomic mass is 16.5. The molecule has 1 aliphatic heterocycles. The predicted octanol–water partition coefficient (Wildman–Crippen LogP) is 3.22. The Labute approximate surface area is 187 Å². The lowest BCUT2D eigenvalue weighted by Crippen LogP contribution is -2.36. The van der Waals surface area contributed by atoms with Crippen molar-refractivity contribution in [2.45, 2.75) is 19.9 Å². The van der Waals surface area contributed by atoms with Gasteiger partial charge < -0.3 is 14.2 Å². The Kier molecular flexibility index (Phi) is 5.73. The van der Waals surface area contributed by atoms with Gasteiger partial charge >= 0.3 is 0 Å². The standard InChI is InChI=1S/C25H27N5O2/c1-19-26-9-11-28(19)16-20-4-2-5-23(14-20)25(31)29-12-13-32-18-21(17-29)15-22-6-3-10-30-24(22)7-8-27-30/h2-11,14,21H,12-13,15-18H2,1H3/t21-/m0/s1. The number of hydrogen-bond acceptors (Lipinski definition) is 4. The molecule has 164 valence electrons. The lowest BCUT2D eigenvalue weighted by molar-refractivity contribution is 0.0737. The van der Waals surface area contributed by atoms with Crippen molar-refractivity contribution in [3.8, 4) is 0 Å². The summed E-state index contributed by atoms with van der Waals surface area (Å²) in [7, 11) is 0. The smallest absolute Gasteiger partial charge is 0.253 e. The number of ether oxygens (including phenoxy) is 1. The summed E-state index contributed by atoms with van der Waals surface area (Å²) in [5.74, 6) is 1.26. The number of fused-ring (bicyclic) bond motifs is 1. The molecule has 7 nitrogen and oxygen atoms in total. The first-order valence-electron chi connectivity index (χ1n) is 11.0. The Morgan fingerprint density at radius 1 is 1.16 bits per heavy atom. The van der Waals surface area contributed by atoms with Crippen molar-refractivity contribution in [3.63, 3.8) is 0 Å². The zero-order valence-electron chi connectivity index (χ0n) is 18.2. The van der Waals surface area contributed by atoms with E-state index in [-0.39, 0.29) is 11.8 Å². The van der Waals surface area contributed by atoms with Gasteiger partial charge in [-0.15, -0.1) is 0 Å². The molecule has 1 fully saturated rings. The topological polar surface area (TPSA) is 64.7 Å². The van der Waals surface area contributed by atoms with Gasteiger partial charge in [0.15, 0.2) is 0 Å². The average Bonchev–Trinajstić information content (AvgIpc) is 3.38. The Bertz CT molecular complexity index is 1230. The first-order valence-corrected chi connectivity index (χ1v) is 11.0. The number of hydrogen-bond donors (Lipinski definition) is 0. The van der Waals surface area contributed by atoms with Crippen molar-refractivity contribution in [1.82, 2.24) is 24.1 Å². The maximum Gasteiger partial charge on any atom is 0.253 e. The first-order chi connectivity index (χ1) is 15.7. The van der Waals surface area contributed by atoms with Gasteiger partial charge in [0.1, 0.15) is 5.82 Å². The fraction of sp³-hybridized carbons (Fsp3) is 0.320. The number of aryl methyl sites for hydroxylation is 1. The zero-order chi connectivity index (χ0) is 21.9. The van der Waals surface area contributed by atoms with Crippen molar-refractivity contribution < 1.29 is 9.53 Å². The third-order valence-corrected chi connectivity index (χ3v) is 6.11. The molecule has 0 spiro atoms. The summed E-state index contributed by atoms with van der Waals surface area (Å²) in [6.07, 6.45) is 8.38. The monoisotopic (exact) mass is 429 g/mol. The minimum atomic E-state index is 0.0623. The van der Waals surface area contributed by atoms with Crippen molar-refractivity contribution >= 4 is 11.4 Å². The van der Waals surface area contributed by atoms with E-state index in [2.05, 4.69) is 26.8 Å². The molecular weight excluding hydrogens is 402 g/mol. The summed E-state index contributed by atoms with van der Waals surface area (Å²) in [5.41, 5.74) is 4.15. The zero-order valence-corrected chi connectivity index (χ0v) is 18.2. The molecule has 7 heteroatoms. The molecule has 1 amide bonds. The molecule has 0 N–H and O–H groups in total.